The molecule has 0 bridgehead atoms. The molecule has 3 N–H and O–H groups in total. The quantitative estimate of drug-likeness (QED) is 0.174. The summed E-state index contributed by atoms with van der Waals surface area (Å²) >= 11 is 0. The van der Waals surface area contributed by atoms with Crippen LogP contribution in [-0.2, 0) is 20.8 Å². The van der Waals surface area contributed by atoms with Crippen molar-refractivity contribution >= 4 is 35.8 Å². The van der Waals surface area contributed by atoms with E-state index in [4.69, 9.17) is 14.2 Å². The van der Waals surface area contributed by atoms with Crippen LogP contribution in [0.1, 0.15) is 24.5 Å². The Kier molecular flexibility index (Phi) is 13.4. The molecule has 0 aromatic heterocycles. The van der Waals surface area contributed by atoms with E-state index in [1.165, 1.54) is 0 Å². The van der Waals surface area contributed by atoms with E-state index < -0.39 is 0 Å². The molecular weight excluding hydrogens is 499 g/mol. The van der Waals surface area contributed by atoms with Gasteiger partial charge < -0.3 is 30.2 Å². The average Bonchev–Trinajstić information content (AvgIpc) is 3.23. The highest BCUT2D eigenvalue weighted by Gasteiger charge is 2.17. The van der Waals surface area contributed by atoms with Gasteiger partial charge in [-0.15, -0.1) is 24.0 Å². The third-order valence-corrected chi connectivity index (χ3v) is 4.52. The van der Waals surface area contributed by atoms with Crippen LogP contribution in [0.5, 0.6) is 5.75 Å². The van der Waals surface area contributed by atoms with Crippen molar-refractivity contribution in [3.05, 3.63) is 29.3 Å². The molecule has 2 rings (SSSR count). The van der Waals surface area contributed by atoms with E-state index in [1.54, 1.807) is 7.11 Å². The second-order valence-corrected chi connectivity index (χ2v) is 7.04. The summed E-state index contributed by atoms with van der Waals surface area (Å²) in [7, 11) is 1.60. The zero-order valence-electron chi connectivity index (χ0n) is 18.2. The van der Waals surface area contributed by atoms with Crippen LogP contribution in [0.25, 0.3) is 0 Å². The summed E-state index contributed by atoms with van der Waals surface area (Å²) in [6.07, 6.45) is 1.04. The second kappa shape index (κ2) is 15.2. The zero-order valence-corrected chi connectivity index (χ0v) is 20.5. The third kappa shape index (κ3) is 9.94. The summed E-state index contributed by atoms with van der Waals surface area (Å²) in [6.45, 7) is 8.55. The molecule has 8 nitrogen and oxygen atoms in total. The first kappa shape index (κ1) is 26.4. The van der Waals surface area contributed by atoms with Crippen molar-refractivity contribution in [2.24, 2.45) is 10.9 Å². The molecular formula is C21H35IN4O4. The Labute approximate surface area is 196 Å². The molecule has 0 radical (unpaired) electrons. The first-order valence-electron chi connectivity index (χ1n) is 10.2. The van der Waals surface area contributed by atoms with Crippen LogP contribution in [0.15, 0.2) is 23.2 Å². The van der Waals surface area contributed by atoms with E-state index in [9.17, 15) is 4.79 Å². The van der Waals surface area contributed by atoms with Crippen LogP contribution in [0, 0.1) is 12.8 Å². The van der Waals surface area contributed by atoms with Crippen molar-refractivity contribution in [2.75, 3.05) is 53.2 Å². The lowest BCUT2D eigenvalue weighted by molar-refractivity contribution is -0.120. The van der Waals surface area contributed by atoms with Gasteiger partial charge in [-0.1, -0.05) is 12.1 Å². The number of ether oxygens (including phenoxy) is 3. The van der Waals surface area contributed by atoms with E-state index in [-0.39, 0.29) is 36.4 Å². The lowest BCUT2D eigenvalue weighted by Gasteiger charge is -2.15. The minimum absolute atomic E-state index is 0. The van der Waals surface area contributed by atoms with Gasteiger partial charge in [-0.3, -0.25) is 4.79 Å². The Morgan fingerprint density at radius 2 is 2.13 bits per heavy atom. The predicted octanol–water partition coefficient (Wildman–Crippen LogP) is 1.85. The topological polar surface area (TPSA) is 93.2 Å². The van der Waals surface area contributed by atoms with Crippen molar-refractivity contribution < 1.29 is 19.0 Å². The Morgan fingerprint density at radius 1 is 1.30 bits per heavy atom. The van der Waals surface area contributed by atoms with Gasteiger partial charge in [0.05, 0.1) is 32.9 Å². The molecule has 0 saturated carbocycles. The monoisotopic (exact) mass is 534 g/mol. The number of methoxy groups -OCH3 is 1. The number of benzene rings is 1. The summed E-state index contributed by atoms with van der Waals surface area (Å²) in [5, 5.41) is 8.99. The normalized spacial score (nSPS) is 16.0. The maximum Gasteiger partial charge on any atom is 0.239 e. The molecule has 1 aromatic rings. The van der Waals surface area contributed by atoms with Gasteiger partial charge >= 0.3 is 0 Å². The van der Waals surface area contributed by atoms with Crippen LogP contribution in [0.4, 0.5) is 0 Å². The maximum atomic E-state index is 11.9. The van der Waals surface area contributed by atoms with Gasteiger partial charge in [0.15, 0.2) is 5.96 Å². The standard InChI is InChI=1S/C21H34N4O4.HI/c1-4-22-21(25-13-20(26)23-8-10-27-3)24-12-18-6-5-16(2)11-19(18)29-15-17-7-9-28-14-17;/h5-6,11,17H,4,7-10,12-15H2,1-3H3,(H,23,26)(H2,22,24,25);1H. The number of hydrogen-bond acceptors (Lipinski definition) is 5. The minimum atomic E-state index is -0.106. The summed E-state index contributed by atoms with van der Waals surface area (Å²) in [5.74, 6) is 1.78. The Bertz CT molecular complexity index is 666. The summed E-state index contributed by atoms with van der Waals surface area (Å²) < 4.78 is 16.4. The largest absolute Gasteiger partial charge is 0.493 e. The lowest BCUT2D eigenvalue weighted by atomic mass is 10.1. The molecule has 1 unspecified atom stereocenters. The van der Waals surface area contributed by atoms with Crippen LogP contribution >= 0.6 is 24.0 Å². The molecule has 1 aliphatic rings. The Balaban J connectivity index is 0.00000450. The average molecular weight is 534 g/mol. The molecule has 30 heavy (non-hydrogen) atoms. The van der Waals surface area contributed by atoms with Crippen LogP contribution in [-0.4, -0.2) is 65.0 Å². The Morgan fingerprint density at radius 3 is 2.83 bits per heavy atom. The second-order valence-electron chi connectivity index (χ2n) is 7.04. The molecule has 1 saturated heterocycles. The highest BCUT2D eigenvalue weighted by molar-refractivity contribution is 14.0. The van der Waals surface area contributed by atoms with Gasteiger partial charge in [0.2, 0.25) is 5.91 Å². The molecule has 170 valence electrons. The number of carbonyl (C=O) groups is 1. The number of guanidine groups is 1. The summed E-state index contributed by atoms with van der Waals surface area (Å²) in [5.41, 5.74) is 2.16. The SMILES string of the molecule is CCNC(=NCc1ccc(C)cc1OCC1CCOC1)NCC(=O)NCCOC.I. The maximum absolute atomic E-state index is 11.9. The number of nitrogens with one attached hydrogen (secondary N) is 3. The third-order valence-electron chi connectivity index (χ3n) is 4.52. The van der Waals surface area contributed by atoms with Crippen LogP contribution < -0.4 is 20.7 Å². The van der Waals surface area contributed by atoms with Crippen molar-refractivity contribution in [3.8, 4) is 5.75 Å². The van der Waals surface area contributed by atoms with E-state index in [2.05, 4.69) is 27.0 Å². The minimum Gasteiger partial charge on any atom is -0.493 e. The van der Waals surface area contributed by atoms with Crippen molar-refractivity contribution in [2.45, 2.75) is 26.8 Å². The molecule has 0 spiro atoms. The smallest absolute Gasteiger partial charge is 0.239 e. The van der Waals surface area contributed by atoms with Crippen molar-refractivity contribution in [1.82, 2.24) is 16.0 Å². The molecule has 9 heteroatoms. The number of amides is 1. The molecule has 1 aromatic carbocycles. The summed E-state index contributed by atoms with van der Waals surface area (Å²) in [4.78, 5) is 16.5. The fourth-order valence-corrected chi connectivity index (χ4v) is 2.87. The zero-order chi connectivity index (χ0) is 20.9. The van der Waals surface area contributed by atoms with Gasteiger partial charge in [-0.05, 0) is 31.9 Å². The van der Waals surface area contributed by atoms with E-state index in [0.29, 0.717) is 44.7 Å². The first-order valence-corrected chi connectivity index (χ1v) is 10.2. The number of aryl methyl sites for hydroxylation is 1. The van der Waals surface area contributed by atoms with Crippen LogP contribution in [0.3, 0.4) is 0 Å². The lowest BCUT2D eigenvalue weighted by Crippen LogP contribution is -2.43. The molecule has 1 aliphatic heterocycles. The molecule has 1 fully saturated rings. The van der Waals surface area contributed by atoms with Gasteiger partial charge in [-0.2, -0.15) is 0 Å². The fraction of sp³-hybridized carbons (Fsp3) is 0.619. The van der Waals surface area contributed by atoms with Gasteiger partial charge in [0, 0.05) is 38.3 Å². The molecule has 0 aliphatic carbocycles. The summed E-state index contributed by atoms with van der Waals surface area (Å²) in [6, 6.07) is 6.14. The number of halogens is 1. The molecule has 1 amide bonds. The highest BCUT2D eigenvalue weighted by atomic mass is 127. The van der Waals surface area contributed by atoms with Crippen molar-refractivity contribution in [1.29, 1.82) is 0 Å². The molecule has 1 heterocycles. The van der Waals surface area contributed by atoms with Gasteiger partial charge in [0.25, 0.3) is 0 Å². The number of aliphatic imine (C=N–C) groups is 1. The van der Waals surface area contributed by atoms with Crippen LogP contribution in [0.2, 0.25) is 0 Å². The number of rotatable bonds is 11. The molecule has 1 atom stereocenters. The van der Waals surface area contributed by atoms with E-state index in [0.717, 1.165) is 36.5 Å². The van der Waals surface area contributed by atoms with Gasteiger partial charge in [0.1, 0.15) is 5.75 Å². The van der Waals surface area contributed by atoms with Crippen molar-refractivity contribution in [3.63, 3.8) is 0 Å². The fourth-order valence-electron chi connectivity index (χ4n) is 2.87. The van der Waals surface area contributed by atoms with E-state index in [1.807, 2.05) is 26.0 Å². The Hall–Kier alpha value is -1.59. The number of hydrogen-bond donors (Lipinski definition) is 3. The van der Waals surface area contributed by atoms with E-state index >= 15 is 0 Å². The number of carbonyl (C=O) groups excluding carboxylic acids is 1. The predicted molar refractivity (Wildman–Crippen MR) is 129 cm³/mol. The first-order chi connectivity index (χ1) is 14.1. The highest BCUT2D eigenvalue weighted by Crippen LogP contribution is 2.23. The number of nitrogens with zero attached hydrogens (tertiary/aromatic N) is 1. The van der Waals surface area contributed by atoms with Gasteiger partial charge in [-0.25, -0.2) is 4.99 Å².